The molecule has 26 heavy (non-hydrogen) atoms. The lowest BCUT2D eigenvalue weighted by Gasteiger charge is -2.31. The van der Waals surface area contributed by atoms with Gasteiger partial charge in [0.1, 0.15) is 6.61 Å². The number of fused-ring (bicyclic) bond motifs is 1. The summed E-state index contributed by atoms with van der Waals surface area (Å²) in [7, 11) is 0. The molecule has 2 aromatic rings. The zero-order valence-corrected chi connectivity index (χ0v) is 14.8. The van der Waals surface area contributed by atoms with Gasteiger partial charge in [0.2, 0.25) is 0 Å². The van der Waals surface area contributed by atoms with E-state index in [0.717, 1.165) is 16.5 Å². The standard InChI is InChI=1S/C19H22N2O5/c1-11-4-3-5-13-8-14(12(2)20-18(11)13)19(24)21-15-9-25-7-6-16(15)26-10-17(22)23/h3-5,8,15-16H,6-7,9-10H2,1-2H3,(H,21,24)(H,22,23)/t15-,16+/m1/s1. The van der Waals surface area contributed by atoms with E-state index in [9.17, 15) is 9.59 Å². The highest BCUT2D eigenvalue weighted by atomic mass is 16.5. The van der Waals surface area contributed by atoms with Crippen molar-refractivity contribution in [3.05, 3.63) is 41.1 Å². The molecular weight excluding hydrogens is 336 g/mol. The number of ether oxygens (including phenoxy) is 2. The number of hydrogen-bond acceptors (Lipinski definition) is 5. The van der Waals surface area contributed by atoms with Gasteiger partial charge in [-0.3, -0.25) is 9.78 Å². The maximum absolute atomic E-state index is 12.8. The number of hydrogen-bond donors (Lipinski definition) is 2. The summed E-state index contributed by atoms with van der Waals surface area (Å²) < 4.78 is 10.8. The minimum Gasteiger partial charge on any atom is -0.480 e. The number of aromatic nitrogens is 1. The van der Waals surface area contributed by atoms with E-state index in [0.29, 0.717) is 24.3 Å². The first-order chi connectivity index (χ1) is 12.5. The predicted octanol–water partition coefficient (Wildman–Crippen LogP) is 1.84. The maximum Gasteiger partial charge on any atom is 0.329 e. The number of benzene rings is 1. The fourth-order valence-corrected chi connectivity index (χ4v) is 3.15. The lowest BCUT2D eigenvalue weighted by atomic mass is 10.0. The van der Waals surface area contributed by atoms with Crippen LogP contribution in [-0.4, -0.2) is 53.9 Å². The van der Waals surface area contributed by atoms with E-state index < -0.39 is 18.6 Å². The summed E-state index contributed by atoms with van der Waals surface area (Å²) in [6.07, 6.45) is 0.145. The quantitative estimate of drug-likeness (QED) is 0.846. The number of amides is 1. The highest BCUT2D eigenvalue weighted by Crippen LogP contribution is 2.20. The molecule has 1 aromatic heterocycles. The SMILES string of the molecule is Cc1nc2c(C)cccc2cc1C(=O)N[C@@H]1COCC[C@@H]1OCC(=O)O. The van der Waals surface area contributed by atoms with E-state index in [4.69, 9.17) is 14.6 Å². The van der Waals surface area contributed by atoms with Crippen LogP contribution in [0.5, 0.6) is 0 Å². The van der Waals surface area contributed by atoms with Crippen LogP contribution in [0.1, 0.15) is 28.0 Å². The Bertz CT molecular complexity index is 836. The van der Waals surface area contributed by atoms with Gasteiger partial charge in [-0.25, -0.2) is 4.79 Å². The Morgan fingerprint density at radius 2 is 2.19 bits per heavy atom. The Balaban J connectivity index is 1.79. The van der Waals surface area contributed by atoms with Crippen LogP contribution >= 0.6 is 0 Å². The van der Waals surface area contributed by atoms with Crippen molar-refractivity contribution in [3.8, 4) is 0 Å². The molecule has 2 heterocycles. The first-order valence-electron chi connectivity index (χ1n) is 8.54. The second-order valence-electron chi connectivity index (χ2n) is 6.45. The van der Waals surface area contributed by atoms with Crippen molar-refractivity contribution in [2.45, 2.75) is 32.4 Å². The van der Waals surface area contributed by atoms with Crippen LogP contribution in [0.2, 0.25) is 0 Å². The normalized spacial score (nSPS) is 20.1. The maximum atomic E-state index is 12.8. The molecule has 1 aromatic carbocycles. The summed E-state index contributed by atoms with van der Waals surface area (Å²) in [5, 5.41) is 12.6. The zero-order valence-electron chi connectivity index (χ0n) is 14.8. The molecule has 1 aliphatic heterocycles. The molecule has 3 rings (SSSR count). The van der Waals surface area contributed by atoms with E-state index in [2.05, 4.69) is 10.3 Å². The summed E-state index contributed by atoms with van der Waals surface area (Å²) in [5.41, 5.74) is 3.07. The molecule has 0 unspecified atom stereocenters. The minimum absolute atomic E-state index is 0.266. The summed E-state index contributed by atoms with van der Waals surface area (Å²) in [5.74, 6) is -1.30. The number of carbonyl (C=O) groups excluding carboxylic acids is 1. The number of carboxylic acid groups (broad SMARTS) is 1. The first kappa shape index (κ1) is 18.3. The monoisotopic (exact) mass is 358 g/mol. The third-order valence-electron chi connectivity index (χ3n) is 4.51. The molecule has 0 radical (unpaired) electrons. The molecule has 0 aliphatic carbocycles. The van der Waals surface area contributed by atoms with Crippen LogP contribution in [0.25, 0.3) is 10.9 Å². The van der Waals surface area contributed by atoms with E-state index in [1.165, 1.54) is 0 Å². The number of carbonyl (C=O) groups is 2. The largest absolute Gasteiger partial charge is 0.480 e. The van der Waals surface area contributed by atoms with E-state index in [1.807, 2.05) is 31.2 Å². The summed E-state index contributed by atoms with van der Waals surface area (Å²) >= 11 is 0. The van der Waals surface area contributed by atoms with Crippen molar-refractivity contribution in [2.75, 3.05) is 19.8 Å². The van der Waals surface area contributed by atoms with Gasteiger partial charge in [-0.2, -0.15) is 0 Å². The molecule has 0 spiro atoms. The van der Waals surface area contributed by atoms with Gasteiger partial charge in [0.05, 0.1) is 35.5 Å². The molecule has 2 atom stereocenters. The van der Waals surface area contributed by atoms with Gasteiger partial charge >= 0.3 is 5.97 Å². The third kappa shape index (κ3) is 4.00. The van der Waals surface area contributed by atoms with Crippen molar-refractivity contribution >= 4 is 22.8 Å². The van der Waals surface area contributed by atoms with Crippen molar-refractivity contribution in [2.24, 2.45) is 0 Å². The summed E-state index contributed by atoms with van der Waals surface area (Å²) in [6.45, 7) is 4.16. The molecule has 0 saturated carbocycles. The molecule has 2 N–H and O–H groups in total. The zero-order chi connectivity index (χ0) is 18.7. The average molecular weight is 358 g/mol. The highest BCUT2D eigenvalue weighted by molar-refractivity contribution is 5.99. The first-order valence-corrected chi connectivity index (χ1v) is 8.54. The molecule has 138 valence electrons. The minimum atomic E-state index is -1.04. The van der Waals surface area contributed by atoms with Crippen LogP contribution < -0.4 is 5.32 Å². The number of carboxylic acids is 1. The fraction of sp³-hybridized carbons (Fsp3) is 0.421. The number of aryl methyl sites for hydroxylation is 2. The molecule has 0 bridgehead atoms. The van der Waals surface area contributed by atoms with Crippen LogP contribution in [0, 0.1) is 13.8 Å². The number of nitrogens with one attached hydrogen (secondary N) is 1. The Labute approximate surface area is 151 Å². The van der Waals surface area contributed by atoms with Crippen molar-refractivity contribution in [1.29, 1.82) is 0 Å². The van der Waals surface area contributed by atoms with Gasteiger partial charge in [0.25, 0.3) is 5.91 Å². The Kier molecular flexibility index (Phi) is 5.49. The number of aliphatic carboxylic acids is 1. The average Bonchev–Trinajstić information content (AvgIpc) is 2.61. The van der Waals surface area contributed by atoms with Gasteiger partial charge in [0, 0.05) is 12.0 Å². The van der Waals surface area contributed by atoms with Gasteiger partial charge in [0.15, 0.2) is 0 Å². The lowest BCUT2D eigenvalue weighted by Crippen LogP contribution is -2.51. The smallest absolute Gasteiger partial charge is 0.329 e. The van der Waals surface area contributed by atoms with Gasteiger partial charge < -0.3 is 19.9 Å². The molecule has 1 amide bonds. The highest BCUT2D eigenvalue weighted by Gasteiger charge is 2.29. The summed E-state index contributed by atoms with van der Waals surface area (Å²) in [6, 6.07) is 7.27. The summed E-state index contributed by atoms with van der Waals surface area (Å²) in [4.78, 5) is 28.1. The number of rotatable bonds is 5. The number of para-hydroxylation sites is 1. The number of pyridine rings is 1. The molecule has 1 aliphatic rings. The van der Waals surface area contributed by atoms with E-state index in [1.54, 1.807) is 6.92 Å². The second-order valence-corrected chi connectivity index (χ2v) is 6.45. The van der Waals surface area contributed by atoms with Crippen LogP contribution in [0.15, 0.2) is 24.3 Å². The van der Waals surface area contributed by atoms with E-state index >= 15 is 0 Å². The van der Waals surface area contributed by atoms with Crippen molar-refractivity contribution < 1.29 is 24.2 Å². The second kappa shape index (κ2) is 7.80. The molecule has 1 saturated heterocycles. The molecule has 7 nitrogen and oxygen atoms in total. The molecular formula is C19H22N2O5. The van der Waals surface area contributed by atoms with Crippen LogP contribution in [0.4, 0.5) is 0 Å². The fourth-order valence-electron chi connectivity index (χ4n) is 3.15. The Hall–Kier alpha value is -2.51. The Morgan fingerprint density at radius 3 is 2.96 bits per heavy atom. The Morgan fingerprint density at radius 1 is 1.38 bits per heavy atom. The molecule has 7 heteroatoms. The lowest BCUT2D eigenvalue weighted by molar-refractivity contribution is -0.147. The van der Waals surface area contributed by atoms with Gasteiger partial charge in [-0.15, -0.1) is 0 Å². The van der Waals surface area contributed by atoms with Gasteiger partial charge in [-0.1, -0.05) is 18.2 Å². The van der Waals surface area contributed by atoms with Crippen molar-refractivity contribution in [3.63, 3.8) is 0 Å². The third-order valence-corrected chi connectivity index (χ3v) is 4.51. The number of nitrogens with zero attached hydrogens (tertiary/aromatic N) is 1. The van der Waals surface area contributed by atoms with E-state index in [-0.39, 0.29) is 18.6 Å². The topological polar surface area (TPSA) is 97.8 Å². The van der Waals surface area contributed by atoms with Crippen molar-refractivity contribution in [1.82, 2.24) is 10.3 Å². The van der Waals surface area contributed by atoms with Gasteiger partial charge in [-0.05, 0) is 31.9 Å². The predicted molar refractivity (Wildman–Crippen MR) is 95.3 cm³/mol. The van der Waals surface area contributed by atoms with Crippen LogP contribution in [-0.2, 0) is 14.3 Å². The molecule has 1 fully saturated rings. The van der Waals surface area contributed by atoms with Crippen LogP contribution in [0.3, 0.4) is 0 Å².